The Morgan fingerprint density at radius 2 is 2.19 bits per heavy atom. The van der Waals surface area contributed by atoms with E-state index < -0.39 is 11.7 Å². The first-order valence-electron chi connectivity index (χ1n) is 8.46. The average Bonchev–Trinajstić information content (AvgIpc) is 3.13. The average molecular weight is 383 g/mol. The maximum absolute atomic E-state index is 13.1. The summed E-state index contributed by atoms with van der Waals surface area (Å²) < 4.78 is 40.7. The van der Waals surface area contributed by atoms with Crippen molar-refractivity contribution < 1.29 is 13.2 Å². The van der Waals surface area contributed by atoms with Crippen molar-refractivity contribution >= 4 is 22.5 Å². The van der Waals surface area contributed by atoms with E-state index >= 15 is 0 Å². The summed E-state index contributed by atoms with van der Waals surface area (Å²) in [6.45, 7) is 0.103. The van der Waals surface area contributed by atoms with Crippen LogP contribution in [0.5, 0.6) is 0 Å². The Morgan fingerprint density at radius 3 is 2.96 bits per heavy atom. The van der Waals surface area contributed by atoms with Crippen LogP contribution >= 0.6 is 11.6 Å². The molecule has 1 aliphatic rings. The molecule has 0 aliphatic heterocycles. The largest absolute Gasteiger partial charge is 0.419 e. The summed E-state index contributed by atoms with van der Waals surface area (Å²) in [4.78, 5) is 3.42. The van der Waals surface area contributed by atoms with Crippen LogP contribution < -0.4 is 5.32 Å². The van der Waals surface area contributed by atoms with Crippen LogP contribution in [-0.2, 0) is 26.2 Å². The molecule has 3 aromatic rings. The molecule has 2 heterocycles. The molecule has 8 heteroatoms. The summed E-state index contributed by atoms with van der Waals surface area (Å²) in [6.07, 6.45) is -0.739. The lowest BCUT2D eigenvalue weighted by molar-refractivity contribution is -0.138. The minimum absolute atomic E-state index is 0.0269. The lowest BCUT2D eigenvalue weighted by atomic mass is 9.91. The van der Waals surface area contributed by atoms with Crippen molar-refractivity contribution in [3.8, 4) is 0 Å². The van der Waals surface area contributed by atoms with Gasteiger partial charge in [-0.2, -0.15) is 18.3 Å². The number of fused-ring (bicyclic) bond motifs is 3. The number of aryl methyl sites for hydroxylation is 2. The molecule has 138 valence electrons. The number of rotatable bonds is 3. The first-order valence-corrected chi connectivity index (χ1v) is 8.84. The van der Waals surface area contributed by atoms with Gasteiger partial charge in [0.1, 0.15) is 0 Å². The minimum Gasteiger partial charge on any atom is -0.357 e. The van der Waals surface area contributed by atoms with Crippen LogP contribution in [0, 0.1) is 0 Å². The molecule has 26 heavy (non-hydrogen) atoms. The topological polar surface area (TPSA) is 45.6 Å². The second kappa shape index (κ2) is 6.32. The zero-order chi connectivity index (χ0) is 18.5. The van der Waals surface area contributed by atoms with Gasteiger partial charge in [0.15, 0.2) is 0 Å². The Balaban J connectivity index is 1.62. The number of hydrogen-bond donors (Lipinski definition) is 2. The maximum atomic E-state index is 13.1. The second-order valence-corrected chi connectivity index (χ2v) is 7.10. The maximum Gasteiger partial charge on any atom is 0.419 e. The molecule has 0 spiro atoms. The molecule has 0 saturated heterocycles. The zero-order valence-electron chi connectivity index (χ0n) is 14.1. The van der Waals surface area contributed by atoms with Crippen LogP contribution in [0.15, 0.2) is 24.4 Å². The van der Waals surface area contributed by atoms with E-state index in [9.17, 15) is 13.2 Å². The third-order valence-electron chi connectivity index (χ3n) is 5.05. The monoisotopic (exact) mass is 382 g/mol. The number of aromatic amines is 1. The Morgan fingerprint density at radius 1 is 1.38 bits per heavy atom. The predicted molar refractivity (Wildman–Crippen MR) is 94.0 cm³/mol. The molecule has 4 rings (SSSR count). The van der Waals surface area contributed by atoms with Gasteiger partial charge in [-0.05, 0) is 43.0 Å². The van der Waals surface area contributed by atoms with E-state index in [0.717, 1.165) is 42.1 Å². The quantitative estimate of drug-likeness (QED) is 0.687. The third kappa shape index (κ3) is 2.99. The van der Waals surface area contributed by atoms with Gasteiger partial charge in [-0.15, -0.1) is 0 Å². The van der Waals surface area contributed by atoms with Gasteiger partial charge < -0.3 is 10.3 Å². The van der Waals surface area contributed by atoms with Gasteiger partial charge in [0.25, 0.3) is 0 Å². The van der Waals surface area contributed by atoms with Crippen LogP contribution in [0.1, 0.15) is 41.4 Å². The number of H-pyrrole nitrogens is 1. The van der Waals surface area contributed by atoms with Crippen molar-refractivity contribution in [1.29, 1.82) is 0 Å². The molecular weight excluding hydrogens is 365 g/mol. The van der Waals surface area contributed by atoms with E-state index in [1.165, 1.54) is 17.3 Å². The fourth-order valence-electron chi connectivity index (χ4n) is 3.77. The van der Waals surface area contributed by atoms with Crippen LogP contribution in [0.3, 0.4) is 0 Å². The second-order valence-electron chi connectivity index (χ2n) is 6.66. The van der Waals surface area contributed by atoms with Gasteiger partial charge in [0.2, 0.25) is 0 Å². The molecule has 1 aliphatic carbocycles. The number of nitrogens with one attached hydrogen (secondary N) is 2. The molecular formula is C18H18ClF3N4. The number of halogens is 4. The summed E-state index contributed by atoms with van der Waals surface area (Å²) in [5.74, 6) is 0. The van der Waals surface area contributed by atoms with E-state index in [0.29, 0.717) is 5.02 Å². The van der Waals surface area contributed by atoms with Crippen molar-refractivity contribution in [2.24, 2.45) is 7.05 Å². The summed E-state index contributed by atoms with van der Waals surface area (Å²) in [7, 11) is 1.53. The number of nitrogens with zero attached hydrogens (tertiary/aromatic N) is 2. The number of benzene rings is 1. The molecule has 1 atom stereocenters. The van der Waals surface area contributed by atoms with E-state index in [1.807, 2.05) is 18.2 Å². The van der Waals surface area contributed by atoms with Crippen molar-refractivity contribution in [1.82, 2.24) is 20.1 Å². The highest BCUT2D eigenvalue weighted by molar-refractivity contribution is 6.31. The highest BCUT2D eigenvalue weighted by Gasteiger charge is 2.36. The third-order valence-corrected chi connectivity index (χ3v) is 5.29. The minimum atomic E-state index is -4.40. The molecule has 0 saturated carbocycles. The predicted octanol–water partition coefficient (Wildman–Crippen LogP) is 4.74. The van der Waals surface area contributed by atoms with E-state index in [1.54, 1.807) is 0 Å². The van der Waals surface area contributed by atoms with Gasteiger partial charge in [0.05, 0.1) is 17.5 Å². The van der Waals surface area contributed by atoms with Crippen LogP contribution in [0.2, 0.25) is 5.02 Å². The van der Waals surface area contributed by atoms with E-state index in [-0.39, 0.29) is 18.3 Å². The van der Waals surface area contributed by atoms with E-state index in [2.05, 4.69) is 15.4 Å². The molecule has 1 unspecified atom stereocenters. The highest BCUT2D eigenvalue weighted by Crippen LogP contribution is 2.36. The molecule has 4 nitrogen and oxygen atoms in total. The standard InChI is InChI=1S/C18H18ClF3N4/c1-26-16(13(8-24-26)18(20,21)22)9-23-15-4-2-3-11-12-7-10(19)5-6-14(12)25-17(11)15/h5-8,15,23,25H,2-4,9H2,1H3. The SMILES string of the molecule is Cn1ncc(C(F)(F)F)c1CNC1CCCc2c1[nH]c1ccc(Cl)cc21. The first kappa shape index (κ1) is 17.4. The molecule has 2 aromatic heterocycles. The van der Waals surface area contributed by atoms with Gasteiger partial charge in [-0.1, -0.05) is 11.6 Å². The van der Waals surface area contributed by atoms with Gasteiger partial charge in [-0.3, -0.25) is 4.68 Å². The van der Waals surface area contributed by atoms with Crippen LogP contribution in [0.4, 0.5) is 13.2 Å². The van der Waals surface area contributed by atoms with Crippen molar-refractivity contribution in [2.75, 3.05) is 0 Å². The van der Waals surface area contributed by atoms with Crippen LogP contribution in [0.25, 0.3) is 10.9 Å². The lowest BCUT2D eigenvalue weighted by Crippen LogP contribution is -2.27. The summed E-state index contributed by atoms with van der Waals surface area (Å²) in [5.41, 5.74) is 2.71. The Hall–Kier alpha value is -1.99. The number of aromatic nitrogens is 3. The zero-order valence-corrected chi connectivity index (χ0v) is 14.9. The number of alkyl halides is 3. The summed E-state index contributed by atoms with van der Waals surface area (Å²) in [5, 5.41) is 8.83. The molecule has 2 N–H and O–H groups in total. The fourth-order valence-corrected chi connectivity index (χ4v) is 3.94. The summed E-state index contributed by atoms with van der Waals surface area (Å²) >= 11 is 6.11. The molecule has 0 bridgehead atoms. The van der Waals surface area contributed by atoms with Crippen molar-refractivity contribution in [3.63, 3.8) is 0 Å². The van der Waals surface area contributed by atoms with Crippen LogP contribution in [-0.4, -0.2) is 14.8 Å². The molecule has 0 radical (unpaired) electrons. The number of hydrogen-bond acceptors (Lipinski definition) is 2. The van der Waals surface area contributed by atoms with Gasteiger partial charge in [0, 0.05) is 41.3 Å². The lowest BCUT2D eigenvalue weighted by Gasteiger charge is -2.24. The smallest absolute Gasteiger partial charge is 0.357 e. The summed E-state index contributed by atoms with van der Waals surface area (Å²) in [6, 6.07) is 5.69. The van der Waals surface area contributed by atoms with Gasteiger partial charge in [-0.25, -0.2) is 0 Å². The normalized spacial score (nSPS) is 17.7. The van der Waals surface area contributed by atoms with Crippen molar-refractivity contribution in [2.45, 2.75) is 38.0 Å². The van der Waals surface area contributed by atoms with E-state index in [4.69, 9.17) is 11.6 Å². The Bertz CT molecular complexity index is 957. The molecule has 0 fully saturated rings. The Labute approximate surface area is 153 Å². The fraction of sp³-hybridized carbons (Fsp3) is 0.389. The molecule has 0 amide bonds. The van der Waals surface area contributed by atoms with Gasteiger partial charge >= 0.3 is 6.18 Å². The van der Waals surface area contributed by atoms with Crippen molar-refractivity contribution in [3.05, 3.63) is 51.9 Å². The first-order chi connectivity index (χ1) is 12.3. The Kier molecular flexibility index (Phi) is 4.23. The molecule has 1 aromatic carbocycles. The highest BCUT2D eigenvalue weighted by atomic mass is 35.5.